The molecule has 6 heteroatoms. The molecule has 0 aliphatic carbocycles. The number of thiazole rings is 1. The van der Waals surface area contributed by atoms with E-state index in [1.165, 1.54) is 18.3 Å². The zero-order chi connectivity index (χ0) is 15.4. The molecular weight excluding hydrogens is 296 g/mol. The summed E-state index contributed by atoms with van der Waals surface area (Å²) in [5, 5.41) is 8.79. The lowest BCUT2D eigenvalue weighted by Crippen LogP contribution is -2.05. The van der Waals surface area contributed by atoms with Gasteiger partial charge in [0.2, 0.25) is 5.91 Å². The maximum absolute atomic E-state index is 11.0. The van der Waals surface area contributed by atoms with Crippen LogP contribution in [0.3, 0.4) is 0 Å². The van der Waals surface area contributed by atoms with E-state index >= 15 is 0 Å². The van der Waals surface area contributed by atoms with Crippen molar-refractivity contribution < 1.29 is 4.79 Å². The number of anilines is 3. The van der Waals surface area contributed by atoms with Crippen LogP contribution in [0.5, 0.6) is 0 Å². The summed E-state index contributed by atoms with van der Waals surface area (Å²) in [5.74, 6) is -0.0817. The van der Waals surface area contributed by atoms with E-state index < -0.39 is 0 Å². The van der Waals surface area contributed by atoms with Crippen molar-refractivity contribution in [2.75, 3.05) is 10.6 Å². The first-order chi connectivity index (χ1) is 10.7. The first-order valence-electron chi connectivity index (χ1n) is 6.71. The molecule has 0 radical (unpaired) electrons. The van der Waals surface area contributed by atoms with E-state index in [0.29, 0.717) is 0 Å². The molecule has 2 heterocycles. The predicted octanol–water partition coefficient (Wildman–Crippen LogP) is 3.91. The number of aromatic nitrogens is 2. The minimum absolute atomic E-state index is 0.0817. The highest BCUT2D eigenvalue weighted by atomic mass is 32.1. The Morgan fingerprint density at radius 3 is 2.59 bits per heavy atom. The number of pyridine rings is 1. The topological polar surface area (TPSA) is 66.9 Å². The van der Waals surface area contributed by atoms with Crippen LogP contribution in [0.4, 0.5) is 16.5 Å². The highest BCUT2D eigenvalue weighted by molar-refractivity contribution is 7.14. The second-order valence-electron chi connectivity index (χ2n) is 4.66. The number of benzene rings is 1. The summed E-state index contributed by atoms with van der Waals surface area (Å²) in [6.45, 7) is 1.49. The quantitative estimate of drug-likeness (QED) is 0.767. The Labute approximate surface area is 132 Å². The zero-order valence-electron chi connectivity index (χ0n) is 11.9. The standard InChI is InChI=1S/C16H14N4OS/c1-11(21)18-13-4-6-14(7-5-13)19-16-20-15(10-22-16)12-3-2-8-17-9-12/h2-10H,1H3,(H,18,21)(H,19,20). The summed E-state index contributed by atoms with van der Waals surface area (Å²) in [6.07, 6.45) is 3.53. The Morgan fingerprint density at radius 2 is 1.91 bits per heavy atom. The van der Waals surface area contributed by atoms with E-state index in [4.69, 9.17) is 0 Å². The zero-order valence-corrected chi connectivity index (χ0v) is 12.7. The van der Waals surface area contributed by atoms with Crippen LogP contribution in [0.25, 0.3) is 11.3 Å². The van der Waals surface area contributed by atoms with E-state index in [9.17, 15) is 4.79 Å². The van der Waals surface area contributed by atoms with Crippen molar-refractivity contribution in [1.82, 2.24) is 9.97 Å². The van der Waals surface area contributed by atoms with Gasteiger partial charge in [0.25, 0.3) is 0 Å². The van der Waals surface area contributed by atoms with Gasteiger partial charge in [0.05, 0.1) is 5.69 Å². The molecule has 1 amide bonds. The third-order valence-electron chi connectivity index (χ3n) is 2.92. The summed E-state index contributed by atoms with van der Waals surface area (Å²) in [6, 6.07) is 11.4. The van der Waals surface area contributed by atoms with E-state index in [-0.39, 0.29) is 5.91 Å². The molecule has 3 rings (SSSR count). The van der Waals surface area contributed by atoms with Gasteiger partial charge >= 0.3 is 0 Å². The normalized spacial score (nSPS) is 10.2. The Bertz CT molecular complexity index is 768. The molecule has 0 aliphatic heterocycles. The van der Waals surface area contributed by atoms with Gasteiger partial charge in [0.1, 0.15) is 0 Å². The lowest BCUT2D eigenvalue weighted by molar-refractivity contribution is -0.114. The second kappa shape index (κ2) is 6.36. The first kappa shape index (κ1) is 14.2. The molecule has 22 heavy (non-hydrogen) atoms. The molecule has 0 atom stereocenters. The molecule has 5 nitrogen and oxygen atoms in total. The van der Waals surface area contributed by atoms with Crippen LogP contribution in [0.1, 0.15) is 6.92 Å². The summed E-state index contributed by atoms with van der Waals surface area (Å²) < 4.78 is 0. The van der Waals surface area contributed by atoms with Crippen LogP contribution >= 0.6 is 11.3 Å². The fraction of sp³-hybridized carbons (Fsp3) is 0.0625. The molecule has 1 aromatic carbocycles. The van der Waals surface area contributed by atoms with E-state index in [1.807, 2.05) is 41.8 Å². The summed E-state index contributed by atoms with van der Waals surface area (Å²) in [4.78, 5) is 19.6. The van der Waals surface area contributed by atoms with Gasteiger partial charge < -0.3 is 10.6 Å². The highest BCUT2D eigenvalue weighted by Crippen LogP contribution is 2.27. The van der Waals surface area contributed by atoms with Crippen molar-refractivity contribution in [3.63, 3.8) is 0 Å². The van der Waals surface area contributed by atoms with Gasteiger partial charge in [-0.3, -0.25) is 9.78 Å². The molecular formula is C16H14N4OS. The molecule has 0 spiro atoms. The molecule has 2 aromatic heterocycles. The van der Waals surface area contributed by atoms with E-state index in [1.54, 1.807) is 12.4 Å². The van der Waals surface area contributed by atoms with Gasteiger partial charge in [-0.1, -0.05) is 0 Å². The van der Waals surface area contributed by atoms with Crippen LogP contribution in [0.15, 0.2) is 54.2 Å². The van der Waals surface area contributed by atoms with Crippen LogP contribution in [-0.2, 0) is 4.79 Å². The van der Waals surface area contributed by atoms with Crippen molar-refractivity contribution in [2.45, 2.75) is 6.92 Å². The largest absolute Gasteiger partial charge is 0.332 e. The van der Waals surface area contributed by atoms with Crippen molar-refractivity contribution in [2.24, 2.45) is 0 Å². The molecule has 0 fully saturated rings. The number of hydrogen-bond acceptors (Lipinski definition) is 5. The highest BCUT2D eigenvalue weighted by Gasteiger charge is 2.05. The minimum atomic E-state index is -0.0817. The van der Waals surface area contributed by atoms with Crippen molar-refractivity contribution in [3.05, 3.63) is 54.2 Å². The molecule has 110 valence electrons. The third-order valence-corrected chi connectivity index (χ3v) is 3.68. The number of nitrogens with one attached hydrogen (secondary N) is 2. The smallest absolute Gasteiger partial charge is 0.221 e. The van der Waals surface area contributed by atoms with Gasteiger partial charge in [0.15, 0.2) is 5.13 Å². The SMILES string of the molecule is CC(=O)Nc1ccc(Nc2nc(-c3cccnc3)cs2)cc1. The maximum Gasteiger partial charge on any atom is 0.221 e. The van der Waals surface area contributed by atoms with E-state index in [0.717, 1.165) is 27.8 Å². The van der Waals surface area contributed by atoms with Gasteiger partial charge in [-0.05, 0) is 36.4 Å². The van der Waals surface area contributed by atoms with Crippen LogP contribution < -0.4 is 10.6 Å². The average molecular weight is 310 g/mol. The van der Waals surface area contributed by atoms with E-state index in [2.05, 4.69) is 20.6 Å². The number of amides is 1. The van der Waals surface area contributed by atoms with Gasteiger partial charge in [0, 0.05) is 41.6 Å². The Hall–Kier alpha value is -2.73. The fourth-order valence-electron chi connectivity index (χ4n) is 1.94. The predicted molar refractivity (Wildman–Crippen MR) is 89.4 cm³/mol. The van der Waals surface area contributed by atoms with Crippen molar-refractivity contribution in [1.29, 1.82) is 0 Å². The monoisotopic (exact) mass is 310 g/mol. The average Bonchev–Trinajstić information content (AvgIpc) is 2.98. The molecule has 2 N–H and O–H groups in total. The van der Waals surface area contributed by atoms with Gasteiger partial charge in [-0.25, -0.2) is 4.98 Å². The van der Waals surface area contributed by atoms with Crippen LogP contribution in [0, 0.1) is 0 Å². The lowest BCUT2D eigenvalue weighted by Gasteiger charge is -2.05. The fourth-order valence-corrected chi connectivity index (χ4v) is 2.68. The molecule has 3 aromatic rings. The number of nitrogens with zero attached hydrogens (tertiary/aromatic N) is 2. The summed E-state index contributed by atoms with van der Waals surface area (Å²) in [5.41, 5.74) is 3.58. The van der Waals surface area contributed by atoms with Crippen molar-refractivity contribution in [3.8, 4) is 11.3 Å². The Balaban J connectivity index is 1.71. The maximum atomic E-state index is 11.0. The summed E-state index contributed by atoms with van der Waals surface area (Å²) >= 11 is 1.53. The number of carbonyl (C=O) groups is 1. The van der Waals surface area contributed by atoms with Gasteiger partial charge in [-0.15, -0.1) is 11.3 Å². The number of carbonyl (C=O) groups excluding carboxylic acids is 1. The summed E-state index contributed by atoms with van der Waals surface area (Å²) in [7, 11) is 0. The Kier molecular flexibility index (Phi) is 4.11. The second-order valence-corrected chi connectivity index (χ2v) is 5.52. The molecule has 0 unspecified atom stereocenters. The minimum Gasteiger partial charge on any atom is -0.332 e. The molecule has 0 saturated carbocycles. The molecule has 0 aliphatic rings. The third kappa shape index (κ3) is 3.48. The van der Waals surface area contributed by atoms with Crippen LogP contribution in [0.2, 0.25) is 0 Å². The van der Waals surface area contributed by atoms with Crippen molar-refractivity contribution >= 4 is 33.8 Å². The number of hydrogen-bond donors (Lipinski definition) is 2. The Morgan fingerprint density at radius 1 is 1.14 bits per heavy atom. The molecule has 0 bridgehead atoms. The molecule has 0 saturated heterocycles. The lowest BCUT2D eigenvalue weighted by atomic mass is 10.2. The van der Waals surface area contributed by atoms with Crippen LogP contribution in [-0.4, -0.2) is 15.9 Å². The first-order valence-corrected chi connectivity index (χ1v) is 7.59. The number of rotatable bonds is 4. The van der Waals surface area contributed by atoms with Gasteiger partial charge in [-0.2, -0.15) is 0 Å².